The van der Waals surface area contributed by atoms with Gasteiger partial charge >= 0.3 is 5.97 Å². The van der Waals surface area contributed by atoms with E-state index in [4.69, 9.17) is 9.47 Å². The van der Waals surface area contributed by atoms with Gasteiger partial charge in [0.1, 0.15) is 23.7 Å². The van der Waals surface area contributed by atoms with E-state index >= 15 is 0 Å². The second-order valence-electron chi connectivity index (χ2n) is 7.72. The highest BCUT2D eigenvalue weighted by atomic mass is 32.2. The largest absolute Gasteiger partial charge is 0.480 e. The van der Waals surface area contributed by atoms with Crippen molar-refractivity contribution in [2.24, 2.45) is 4.36 Å². The Kier molecular flexibility index (Phi) is 6.73. The molecule has 1 fully saturated rings. The maximum Gasteiger partial charge on any atom is 0.344 e. The van der Waals surface area contributed by atoms with E-state index in [1.807, 2.05) is 13.0 Å². The standard InChI is InChI=1S/C23H25FN4O4S/c1-3-31-21(29)13-32-20-11-16(24)6-7-18(20)27-23-22-15(2)10-17(12-19(22)25-14-26-23)28-33(30)8-4-5-9-33/h6-7,10-12,14H,3-5,8-9,13H2,1-2H3,(H,25,26,27). The van der Waals surface area contributed by atoms with Gasteiger partial charge in [-0.15, -0.1) is 0 Å². The number of hydrogen-bond acceptors (Lipinski definition) is 8. The lowest BCUT2D eigenvalue weighted by atomic mass is 10.1. The summed E-state index contributed by atoms with van der Waals surface area (Å²) in [7, 11) is -2.20. The smallest absolute Gasteiger partial charge is 0.344 e. The number of carbonyl (C=O) groups excluding carboxylic acids is 1. The first kappa shape index (κ1) is 22.9. The Morgan fingerprint density at radius 3 is 2.76 bits per heavy atom. The summed E-state index contributed by atoms with van der Waals surface area (Å²) in [4.78, 5) is 20.4. The normalized spacial score (nSPS) is 14.8. The fourth-order valence-corrected chi connectivity index (χ4v) is 5.93. The van der Waals surface area contributed by atoms with Crippen LogP contribution in [0.4, 0.5) is 21.6 Å². The van der Waals surface area contributed by atoms with Crippen LogP contribution in [-0.4, -0.2) is 44.9 Å². The van der Waals surface area contributed by atoms with Gasteiger partial charge in [-0.3, -0.25) is 0 Å². The molecule has 0 amide bonds. The van der Waals surface area contributed by atoms with Gasteiger partial charge in [0.15, 0.2) is 6.61 Å². The van der Waals surface area contributed by atoms with Gasteiger partial charge in [0, 0.05) is 23.0 Å². The molecule has 8 nitrogen and oxygen atoms in total. The number of esters is 1. The Morgan fingerprint density at radius 1 is 1.21 bits per heavy atom. The van der Waals surface area contributed by atoms with E-state index < -0.39 is 21.5 Å². The number of hydrogen-bond donors (Lipinski definition) is 1. The molecule has 1 saturated heterocycles. The summed E-state index contributed by atoms with van der Waals surface area (Å²) in [5, 5.41) is 3.91. The Hall–Kier alpha value is -3.27. The molecule has 3 aromatic rings. The number of nitrogens with zero attached hydrogens (tertiary/aromatic N) is 3. The van der Waals surface area contributed by atoms with Crippen molar-refractivity contribution in [3.63, 3.8) is 0 Å². The van der Waals surface area contributed by atoms with E-state index in [0.717, 1.165) is 23.8 Å². The fraction of sp³-hybridized carbons (Fsp3) is 0.348. The number of carbonyl (C=O) groups is 1. The van der Waals surface area contributed by atoms with Gasteiger partial charge in [-0.25, -0.2) is 23.4 Å². The molecule has 10 heteroatoms. The van der Waals surface area contributed by atoms with Crippen molar-refractivity contribution in [1.82, 2.24) is 9.97 Å². The zero-order valence-electron chi connectivity index (χ0n) is 18.5. The van der Waals surface area contributed by atoms with Gasteiger partial charge in [-0.2, -0.15) is 4.36 Å². The van der Waals surface area contributed by atoms with E-state index in [0.29, 0.717) is 34.2 Å². The number of halogens is 1. The molecule has 0 atom stereocenters. The molecule has 174 valence electrons. The fourth-order valence-electron chi connectivity index (χ4n) is 3.75. The quantitative estimate of drug-likeness (QED) is 0.499. The number of aryl methyl sites for hydroxylation is 1. The minimum Gasteiger partial charge on any atom is -0.480 e. The molecule has 0 saturated carbocycles. The molecule has 1 aromatic heterocycles. The first-order chi connectivity index (χ1) is 15.9. The Labute approximate surface area is 191 Å². The van der Waals surface area contributed by atoms with Gasteiger partial charge in [-0.05, 0) is 56.5 Å². The SMILES string of the molecule is CCOC(=O)COc1cc(F)ccc1Nc1ncnc2cc(N=S3(=O)CCCC3)cc(C)c12. The first-order valence-corrected chi connectivity index (χ1v) is 12.5. The lowest BCUT2D eigenvalue weighted by Crippen LogP contribution is -2.15. The molecular weight excluding hydrogens is 447 g/mol. The summed E-state index contributed by atoms with van der Waals surface area (Å²) in [5.41, 5.74) is 2.56. The third-order valence-electron chi connectivity index (χ3n) is 5.22. The molecule has 4 rings (SSSR count). The highest BCUT2D eigenvalue weighted by Gasteiger charge is 2.18. The summed E-state index contributed by atoms with van der Waals surface area (Å²) < 4.78 is 41.6. The molecule has 0 spiro atoms. The number of benzene rings is 2. The third kappa shape index (κ3) is 5.39. The summed E-state index contributed by atoms with van der Waals surface area (Å²) >= 11 is 0. The van der Waals surface area contributed by atoms with Gasteiger partial charge in [-0.1, -0.05) is 0 Å². The number of rotatable bonds is 7. The lowest BCUT2D eigenvalue weighted by molar-refractivity contribution is -0.145. The van der Waals surface area contributed by atoms with Crippen molar-refractivity contribution in [3.8, 4) is 5.75 Å². The molecular formula is C23H25FN4O4S. The van der Waals surface area contributed by atoms with Gasteiger partial charge in [0.25, 0.3) is 0 Å². The number of aromatic nitrogens is 2. The molecule has 1 aliphatic heterocycles. The predicted octanol–water partition coefficient (Wildman–Crippen LogP) is 4.66. The summed E-state index contributed by atoms with van der Waals surface area (Å²) in [6, 6.07) is 7.64. The van der Waals surface area contributed by atoms with Crippen molar-refractivity contribution in [1.29, 1.82) is 0 Å². The molecule has 1 aliphatic rings. The van der Waals surface area contributed by atoms with Crippen LogP contribution in [0.1, 0.15) is 25.3 Å². The number of nitrogens with one attached hydrogen (secondary N) is 1. The average molecular weight is 473 g/mol. The van der Waals surface area contributed by atoms with E-state index in [2.05, 4.69) is 19.6 Å². The number of anilines is 2. The van der Waals surface area contributed by atoms with Crippen LogP contribution in [0.2, 0.25) is 0 Å². The van der Waals surface area contributed by atoms with Crippen LogP contribution in [-0.2, 0) is 19.3 Å². The van der Waals surface area contributed by atoms with Gasteiger partial charge in [0.05, 0.1) is 33.2 Å². The minimum atomic E-state index is -2.20. The first-order valence-electron chi connectivity index (χ1n) is 10.7. The maximum atomic E-state index is 13.8. The molecule has 2 heterocycles. The minimum absolute atomic E-state index is 0.150. The van der Waals surface area contributed by atoms with E-state index in [-0.39, 0.29) is 19.0 Å². The van der Waals surface area contributed by atoms with Crippen LogP contribution >= 0.6 is 0 Å². The van der Waals surface area contributed by atoms with E-state index in [9.17, 15) is 13.4 Å². The summed E-state index contributed by atoms with van der Waals surface area (Å²) in [6.45, 7) is 3.48. The van der Waals surface area contributed by atoms with Crippen LogP contribution in [0.3, 0.4) is 0 Å². The Balaban J connectivity index is 1.67. The van der Waals surface area contributed by atoms with Gasteiger partial charge in [0.2, 0.25) is 0 Å². The maximum absolute atomic E-state index is 13.8. The number of ether oxygens (including phenoxy) is 2. The Morgan fingerprint density at radius 2 is 2.00 bits per heavy atom. The monoisotopic (exact) mass is 472 g/mol. The molecule has 1 N–H and O–H groups in total. The van der Waals surface area contributed by atoms with E-state index in [1.54, 1.807) is 13.0 Å². The third-order valence-corrected chi connectivity index (χ3v) is 7.61. The predicted molar refractivity (Wildman–Crippen MR) is 125 cm³/mol. The van der Waals surface area contributed by atoms with Crippen molar-refractivity contribution in [2.75, 3.05) is 30.0 Å². The average Bonchev–Trinajstić information content (AvgIpc) is 3.19. The van der Waals surface area contributed by atoms with Crippen molar-refractivity contribution in [2.45, 2.75) is 26.7 Å². The molecule has 0 radical (unpaired) electrons. The summed E-state index contributed by atoms with van der Waals surface area (Å²) in [6.07, 6.45) is 3.28. The summed E-state index contributed by atoms with van der Waals surface area (Å²) in [5.74, 6) is 0.835. The molecule has 2 aromatic carbocycles. The van der Waals surface area contributed by atoms with Crippen LogP contribution in [0.15, 0.2) is 41.0 Å². The topological polar surface area (TPSA) is 103 Å². The second kappa shape index (κ2) is 9.70. The van der Waals surface area contributed by atoms with Crippen LogP contribution in [0.25, 0.3) is 10.9 Å². The number of fused-ring (bicyclic) bond motifs is 1. The lowest BCUT2D eigenvalue weighted by Gasteiger charge is -2.15. The Bertz CT molecular complexity index is 1310. The van der Waals surface area contributed by atoms with Crippen molar-refractivity contribution < 1.29 is 22.9 Å². The highest BCUT2D eigenvalue weighted by molar-refractivity contribution is 7.93. The zero-order chi connectivity index (χ0) is 23.4. The molecule has 0 bridgehead atoms. The molecule has 0 aliphatic carbocycles. The van der Waals surface area contributed by atoms with Crippen molar-refractivity contribution in [3.05, 3.63) is 48.0 Å². The highest BCUT2D eigenvalue weighted by Crippen LogP contribution is 2.34. The molecule has 0 unspecified atom stereocenters. The van der Waals surface area contributed by atoms with Crippen molar-refractivity contribution >= 4 is 43.8 Å². The van der Waals surface area contributed by atoms with E-state index in [1.165, 1.54) is 24.5 Å². The van der Waals surface area contributed by atoms with Gasteiger partial charge < -0.3 is 14.8 Å². The van der Waals surface area contributed by atoms with Crippen LogP contribution in [0.5, 0.6) is 5.75 Å². The molecule has 33 heavy (non-hydrogen) atoms. The van der Waals surface area contributed by atoms with Crippen LogP contribution in [0, 0.1) is 12.7 Å². The zero-order valence-corrected chi connectivity index (χ0v) is 19.3. The van der Waals surface area contributed by atoms with Crippen LogP contribution < -0.4 is 10.1 Å². The second-order valence-corrected chi connectivity index (χ2v) is 10.3.